The first kappa shape index (κ1) is 21.3. The lowest BCUT2D eigenvalue weighted by Crippen LogP contribution is -2.43. The van der Waals surface area contributed by atoms with Gasteiger partial charge >= 0.3 is 0 Å². The highest BCUT2D eigenvalue weighted by Gasteiger charge is 2.22. The van der Waals surface area contributed by atoms with Crippen LogP contribution in [0.5, 0.6) is 0 Å². The normalized spacial score (nSPS) is 13.2. The molecule has 0 aliphatic carbocycles. The molecule has 0 aromatic heterocycles. The zero-order valence-electron chi connectivity index (χ0n) is 12.4. The fraction of sp³-hybridized carbons (Fsp3) is 0.750. The van der Waals surface area contributed by atoms with Crippen LogP contribution < -0.4 is 5.32 Å². The summed E-state index contributed by atoms with van der Waals surface area (Å²) in [6.07, 6.45) is 2.44. The van der Waals surface area contributed by atoms with Crippen molar-refractivity contribution < 1.29 is 27.7 Å². The summed E-state index contributed by atoms with van der Waals surface area (Å²) < 4.78 is 31.4. The van der Waals surface area contributed by atoms with E-state index in [2.05, 4.69) is 11.9 Å². The summed E-state index contributed by atoms with van der Waals surface area (Å²) in [5, 5.41) is 1.95. The average Bonchev–Trinajstić information content (AvgIpc) is 2.30. The van der Waals surface area contributed by atoms with Gasteiger partial charge in [-0.25, -0.2) is 0 Å². The topological polar surface area (TPSA) is 113 Å². The van der Waals surface area contributed by atoms with Crippen molar-refractivity contribution in [3.63, 3.8) is 0 Å². The van der Waals surface area contributed by atoms with E-state index in [-0.39, 0.29) is 11.4 Å². The van der Waals surface area contributed by atoms with Crippen LogP contribution in [0.1, 0.15) is 19.8 Å². The summed E-state index contributed by atoms with van der Waals surface area (Å²) in [6, 6.07) is 0. The SMILES string of the molecule is C=CC(=O)NCCC[N+](C)(C)CCC(C)S(=O)(=O)O.[OH-]. The molecular formula is C12H26N2O5S. The van der Waals surface area contributed by atoms with Gasteiger partial charge in [-0.15, -0.1) is 0 Å². The number of nitrogens with zero attached hydrogens (tertiary/aromatic N) is 1. The van der Waals surface area contributed by atoms with Crippen LogP contribution >= 0.6 is 0 Å². The van der Waals surface area contributed by atoms with Gasteiger partial charge in [0.2, 0.25) is 5.91 Å². The lowest BCUT2D eigenvalue weighted by molar-refractivity contribution is -0.890. The first-order valence-electron chi connectivity index (χ1n) is 6.27. The number of carbonyl (C=O) groups is 1. The summed E-state index contributed by atoms with van der Waals surface area (Å²) in [5.41, 5.74) is 0. The van der Waals surface area contributed by atoms with Crippen LogP contribution in [0.25, 0.3) is 0 Å². The maximum Gasteiger partial charge on any atom is 0.267 e. The largest absolute Gasteiger partial charge is 0.870 e. The molecule has 1 amide bonds. The number of amides is 1. The lowest BCUT2D eigenvalue weighted by atomic mass is 10.2. The van der Waals surface area contributed by atoms with E-state index < -0.39 is 15.4 Å². The number of hydrogen-bond donors (Lipinski definition) is 2. The molecule has 8 heteroatoms. The third-order valence-electron chi connectivity index (χ3n) is 3.07. The van der Waals surface area contributed by atoms with Gasteiger partial charge in [-0.1, -0.05) is 6.58 Å². The van der Waals surface area contributed by atoms with Gasteiger partial charge < -0.3 is 15.3 Å². The third-order valence-corrected chi connectivity index (χ3v) is 4.33. The fourth-order valence-corrected chi connectivity index (χ4v) is 1.99. The zero-order valence-corrected chi connectivity index (χ0v) is 13.2. The minimum Gasteiger partial charge on any atom is -0.870 e. The van der Waals surface area contributed by atoms with Crippen LogP contribution in [0, 0.1) is 0 Å². The van der Waals surface area contributed by atoms with Crippen LogP contribution in [0.2, 0.25) is 0 Å². The second kappa shape index (κ2) is 9.06. The standard InChI is InChI=1S/C12H24N2O4S.H2O/c1-5-12(15)13-8-6-9-14(3,4)10-7-11(2)19(16,17)18;/h5,11H,1,6-10H2,2-4H3,(H-,13,15,16,17,18);1H2. The van der Waals surface area contributed by atoms with Crippen molar-refractivity contribution >= 4 is 16.0 Å². The molecule has 20 heavy (non-hydrogen) atoms. The van der Waals surface area contributed by atoms with Gasteiger partial charge in [0.15, 0.2) is 0 Å². The molecule has 0 radical (unpaired) electrons. The molecule has 120 valence electrons. The van der Waals surface area contributed by atoms with E-state index in [1.165, 1.54) is 13.0 Å². The number of hydrogen-bond acceptors (Lipinski definition) is 4. The molecule has 0 aromatic carbocycles. The molecular weight excluding hydrogens is 284 g/mol. The van der Waals surface area contributed by atoms with Crippen molar-refractivity contribution in [1.82, 2.24) is 5.32 Å². The van der Waals surface area contributed by atoms with Crippen molar-refractivity contribution in [3.05, 3.63) is 12.7 Å². The quantitative estimate of drug-likeness (QED) is 0.274. The summed E-state index contributed by atoms with van der Waals surface area (Å²) in [7, 11) is 0.0411. The summed E-state index contributed by atoms with van der Waals surface area (Å²) >= 11 is 0. The Hall–Kier alpha value is -0.960. The molecule has 0 aromatic rings. The van der Waals surface area contributed by atoms with Crippen molar-refractivity contribution in [2.45, 2.75) is 25.0 Å². The minimum absolute atomic E-state index is 0. The Morgan fingerprint density at radius 3 is 2.40 bits per heavy atom. The molecule has 0 spiro atoms. The van der Waals surface area contributed by atoms with E-state index >= 15 is 0 Å². The highest BCUT2D eigenvalue weighted by molar-refractivity contribution is 7.86. The van der Waals surface area contributed by atoms with Gasteiger partial charge in [0.05, 0.1) is 32.4 Å². The van der Waals surface area contributed by atoms with E-state index in [9.17, 15) is 13.2 Å². The Kier molecular flexibility index (Phi) is 9.67. The molecule has 1 atom stereocenters. The van der Waals surface area contributed by atoms with Crippen LogP contribution in [-0.4, -0.2) is 67.8 Å². The summed E-state index contributed by atoms with van der Waals surface area (Å²) in [4.78, 5) is 10.9. The maximum atomic E-state index is 10.9. The highest BCUT2D eigenvalue weighted by Crippen LogP contribution is 2.08. The van der Waals surface area contributed by atoms with Crippen molar-refractivity contribution in [2.24, 2.45) is 0 Å². The predicted molar refractivity (Wildman–Crippen MR) is 77.2 cm³/mol. The lowest BCUT2D eigenvalue weighted by Gasteiger charge is -2.30. The van der Waals surface area contributed by atoms with E-state index in [1.54, 1.807) is 0 Å². The van der Waals surface area contributed by atoms with Crippen molar-refractivity contribution in [2.75, 3.05) is 33.7 Å². The van der Waals surface area contributed by atoms with Gasteiger partial charge in [0.1, 0.15) is 0 Å². The van der Waals surface area contributed by atoms with E-state index in [0.717, 1.165) is 13.0 Å². The van der Waals surface area contributed by atoms with E-state index in [0.29, 0.717) is 24.0 Å². The molecule has 7 nitrogen and oxygen atoms in total. The second-order valence-electron chi connectivity index (χ2n) is 5.35. The third kappa shape index (κ3) is 9.90. The van der Waals surface area contributed by atoms with Crippen LogP contribution in [0.4, 0.5) is 0 Å². The summed E-state index contributed by atoms with van der Waals surface area (Å²) in [6.45, 7) is 6.90. The van der Waals surface area contributed by atoms with Gasteiger partial charge in [-0.05, 0) is 13.0 Å². The van der Waals surface area contributed by atoms with Crippen LogP contribution in [-0.2, 0) is 14.9 Å². The fourth-order valence-electron chi connectivity index (χ4n) is 1.58. The minimum atomic E-state index is -3.94. The van der Waals surface area contributed by atoms with E-state index in [4.69, 9.17) is 4.55 Å². The number of rotatable bonds is 9. The Balaban J connectivity index is 0. The first-order chi connectivity index (χ1) is 8.58. The van der Waals surface area contributed by atoms with Crippen LogP contribution in [0.3, 0.4) is 0 Å². The molecule has 1 unspecified atom stereocenters. The Morgan fingerprint density at radius 1 is 1.40 bits per heavy atom. The maximum absolute atomic E-state index is 10.9. The Labute approximate surface area is 121 Å². The first-order valence-corrected chi connectivity index (χ1v) is 7.77. The molecule has 0 saturated heterocycles. The highest BCUT2D eigenvalue weighted by atomic mass is 32.2. The molecule has 0 bridgehead atoms. The van der Waals surface area contributed by atoms with E-state index in [1.807, 2.05) is 14.1 Å². The molecule has 0 aliphatic rings. The number of quaternary nitrogens is 1. The van der Waals surface area contributed by atoms with Crippen molar-refractivity contribution in [3.8, 4) is 0 Å². The van der Waals surface area contributed by atoms with Gasteiger partial charge in [-0.2, -0.15) is 8.42 Å². The molecule has 0 aliphatic heterocycles. The second-order valence-corrected chi connectivity index (χ2v) is 7.18. The van der Waals surface area contributed by atoms with Gasteiger partial charge in [0.25, 0.3) is 10.1 Å². The Bertz CT molecular complexity index is 406. The predicted octanol–water partition coefficient (Wildman–Crippen LogP) is 0.245. The molecule has 0 saturated carbocycles. The molecule has 0 fully saturated rings. The zero-order chi connectivity index (χ0) is 15.1. The van der Waals surface area contributed by atoms with Gasteiger partial charge in [-0.3, -0.25) is 9.35 Å². The van der Waals surface area contributed by atoms with Gasteiger partial charge in [0, 0.05) is 19.4 Å². The molecule has 0 heterocycles. The number of nitrogens with one attached hydrogen (secondary N) is 1. The molecule has 3 N–H and O–H groups in total. The smallest absolute Gasteiger partial charge is 0.267 e. The van der Waals surface area contributed by atoms with Crippen LogP contribution in [0.15, 0.2) is 12.7 Å². The monoisotopic (exact) mass is 310 g/mol. The molecule has 0 rings (SSSR count). The van der Waals surface area contributed by atoms with Crippen molar-refractivity contribution in [1.29, 1.82) is 0 Å². The average molecular weight is 310 g/mol. The summed E-state index contributed by atoms with van der Waals surface area (Å²) in [5.74, 6) is -0.190. The Morgan fingerprint density at radius 2 is 1.95 bits per heavy atom. The number of carbonyl (C=O) groups excluding carboxylic acids is 1.